The molecule has 0 radical (unpaired) electrons. The van der Waals surface area contributed by atoms with E-state index in [9.17, 15) is 19.2 Å². The van der Waals surface area contributed by atoms with E-state index in [1.807, 2.05) is 29.5 Å². The first-order valence-electron chi connectivity index (χ1n) is 11.2. The highest BCUT2D eigenvalue weighted by atomic mass is 127. The van der Waals surface area contributed by atoms with Crippen LogP contribution in [0.25, 0.3) is 6.08 Å². The molecule has 0 spiro atoms. The van der Waals surface area contributed by atoms with Crippen LogP contribution in [0.5, 0.6) is 17.2 Å². The largest absolute Gasteiger partial charge is 0.494 e. The summed E-state index contributed by atoms with van der Waals surface area (Å²) in [6.07, 6.45) is 1.54. The molecule has 1 aliphatic rings. The number of benzene rings is 2. The summed E-state index contributed by atoms with van der Waals surface area (Å²) in [5, 5.41) is 2.12. The number of halogens is 1. The number of anilines is 1. The molecular weight excluding hydrogens is 615 g/mol. The van der Waals surface area contributed by atoms with Crippen molar-refractivity contribution in [3.63, 3.8) is 0 Å². The number of carbonyl (C=O) groups is 4. The highest BCUT2D eigenvalue weighted by molar-refractivity contribution is 14.1. The van der Waals surface area contributed by atoms with Gasteiger partial charge in [0.2, 0.25) is 5.91 Å². The van der Waals surface area contributed by atoms with Gasteiger partial charge >= 0.3 is 5.97 Å². The van der Waals surface area contributed by atoms with Crippen LogP contribution in [0.1, 0.15) is 19.4 Å². The molecule has 1 aliphatic heterocycles. The van der Waals surface area contributed by atoms with Crippen molar-refractivity contribution < 1.29 is 38.1 Å². The summed E-state index contributed by atoms with van der Waals surface area (Å²) in [6, 6.07) is 10.1. The maximum atomic E-state index is 12.9. The Morgan fingerprint density at radius 3 is 2.46 bits per heavy atom. The monoisotopic (exact) mass is 640 g/mol. The van der Waals surface area contributed by atoms with Gasteiger partial charge in [0.1, 0.15) is 12.3 Å². The van der Waals surface area contributed by atoms with Gasteiger partial charge in [-0.2, -0.15) is 0 Å². The number of amides is 3. The zero-order valence-electron chi connectivity index (χ0n) is 20.4. The van der Waals surface area contributed by atoms with E-state index in [4.69, 9.17) is 18.9 Å². The third-order valence-corrected chi connectivity index (χ3v) is 6.52. The van der Waals surface area contributed by atoms with Gasteiger partial charge in [-0.1, -0.05) is 0 Å². The first-order chi connectivity index (χ1) is 17.7. The van der Waals surface area contributed by atoms with Crippen molar-refractivity contribution in [2.75, 3.05) is 38.8 Å². The lowest BCUT2D eigenvalue weighted by Crippen LogP contribution is -2.36. The summed E-state index contributed by atoms with van der Waals surface area (Å²) in [7, 11) is 1.45. The molecule has 12 heteroatoms. The Balaban J connectivity index is 1.69. The second-order valence-electron chi connectivity index (χ2n) is 7.40. The molecule has 2 aromatic carbocycles. The number of hydrogen-bond donors (Lipinski definition) is 1. The maximum absolute atomic E-state index is 12.9. The van der Waals surface area contributed by atoms with Gasteiger partial charge < -0.3 is 24.3 Å². The van der Waals surface area contributed by atoms with Gasteiger partial charge in [-0.25, -0.2) is 4.79 Å². The van der Waals surface area contributed by atoms with Gasteiger partial charge in [0.15, 0.2) is 18.1 Å². The molecule has 0 unspecified atom stereocenters. The first-order valence-corrected chi connectivity index (χ1v) is 13.1. The minimum absolute atomic E-state index is 0.164. The van der Waals surface area contributed by atoms with E-state index in [1.165, 1.54) is 13.2 Å². The van der Waals surface area contributed by atoms with Gasteiger partial charge in [0.25, 0.3) is 11.1 Å². The smallest absolute Gasteiger partial charge is 0.344 e. The molecule has 0 aromatic heterocycles. The van der Waals surface area contributed by atoms with E-state index in [0.717, 1.165) is 16.7 Å². The molecule has 1 saturated heterocycles. The molecule has 1 heterocycles. The Labute approximate surface area is 231 Å². The molecule has 196 valence electrons. The quantitative estimate of drug-likeness (QED) is 0.218. The van der Waals surface area contributed by atoms with Crippen molar-refractivity contribution in [1.29, 1.82) is 0 Å². The van der Waals surface area contributed by atoms with E-state index >= 15 is 0 Å². The van der Waals surface area contributed by atoms with E-state index < -0.39 is 29.6 Å². The SMILES string of the molecule is CCOC(=O)COc1c(I)cc(/C=C2/SC(=O)N(CC(=O)Nc3ccc(OCC)cc3)C2=O)cc1OC. The van der Waals surface area contributed by atoms with Crippen molar-refractivity contribution in [3.05, 3.63) is 50.4 Å². The van der Waals surface area contributed by atoms with Crippen LogP contribution in [-0.4, -0.2) is 61.4 Å². The Hall–Kier alpha value is -3.26. The molecule has 3 rings (SSSR count). The van der Waals surface area contributed by atoms with Crippen LogP contribution in [0.2, 0.25) is 0 Å². The number of esters is 1. The molecule has 2 aromatic rings. The van der Waals surface area contributed by atoms with Gasteiger partial charge in [-0.3, -0.25) is 19.3 Å². The van der Waals surface area contributed by atoms with Gasteiger partial charge in [0, 0.05) is 5.69 Å². The second-order valence-corrected chi connectivity index (χ2v) is 9.56. The van der Waals surface area contributed by atoms with Crippen molar-refractivity contribution >= 4 is 69.1 Å². The topological polar surface area (TPSA) is 120 Å². The summed E-state index contributed by atoms with van der Waals surface area (Å²) in [5.74, 6) is -0.226. The first kappa shape index (κ1) is 28.3. The highest BCUT2D eigenvalue weighted by Crippen LogP contribution is 2.37. The molecule has 0 bridgehead atoms. The number of imide groups is 1. The number of carbonyl (C=O) groups excluding carboxylic acids is 4. The summed E-state index contributed by atoms with van der Waals surface area (Å²) < 4.78 is 21.8. The Kier molecular flexibility index (Phi) is 10.2. The minimum Gasteiger partial charge on any atom is -0.494 e. The standard InChI is InChI=1S/C25H25IN2O8S/c1-4-34-17-8-6-16(7-9-17)27-21(29)13-28-24(31)20(37-25(28)32)12-15-10-18(26)23(19(11-15)33-3)36-14-22(30)35-5-2/h6-12H,4-5,13-14H2,1-3H3,(H,27,29)/b20-12+. The predicted molar refractivity (Wildman–Crippen MR) is 147 cm³/mol. The fraction of sp³-hybridized carbons (Fsp3) is 0.280. The average Bonchev–Trinajstić information content (AvgIpc) is 3.11. The van der Waals surface area contributed by atoms with Gasteiger partial charge in [0.05, 0.1) is 28.8 Å². The van der Waals surface area contributed by atoms with Crippen molar-refractivity contribution in [2.24, 2.45) is 0 Å². The van der Waals surface area contributed by atoms with Crippen LogP contribution >= 0.6 is 34.4 Å². The van der Waals surface area contributed by atoms with Crippen molar-refractivity contribution in [2.45, 2.75) is 13.8 Å². The molecule has 0 atom stereocenters. The minimum atomic E-state index is -0.576. The lowest BCUT2D eigenvalue weighted by atomic mass is 10.2. The van der Waals surface area contributed by atoms with E-state index in [-0.39, 0.29) is 18.1 Å². The molecule has 1 fully saturated rings. The summed E-state index contributed by atoms with van der Waals surface area (Å²) >= 11 is 2.76. The Bertz CT molecular complexity index is 1220. The zero-order valence-corrected chi connectivity index (χ0v) is 23.3. The molecule has 10 nitrogen and oxygen atoms in total. The molecular formula is C25H25IN2O8S. The fourth-order valence-electron chi connectivity index (χ4n) is 3.23. The van der Waals surface area contributed by atoms with Crippen molar-refractivity contribution in [1.82, 2.24) is 4.90 Å². The Morgan fingerprint density at radius 1 is 1.08 bits per heavy atom. The molecule has 0 aliphatic carbocycles. The number of methoxy groups -OCH3 is 1. The van der Waals surface area contributed by atoms with Crippen LogP contribution in [0.3, 0.4) is 0 Å². The van der Waals surface area contributed by atoms with Crippen LogP contribution in [0, 0.1) is 3.57 Å². The average molecular weight is 640 g/mol. The molecule has 0 saturated carbocycles. The number of rotatable bonds is 11. The number of ether oxygens (including phenoxy) is 4. The summed E-state index contributed by atoms with van der Waals surface area (Å²) in [4.78, 5) is 50.5. The fourth-order valence-corrected chi connectivity index (χ4v) is 4.85. The van der Waals surface area contributed by atoms with Gasteiger partial charge in [-0.15, -0.1) is 0 Å². The van der Waals surface area contributed by atoms with Crippen LogP contribution in [0.4, 0.5) is 10.5 Å². The number of thioether (sulfide) groups is 1. The lowest BCUT2D eigenvalue weighted by molar-refractivity contribution is -0.145. The third kappa shape index (κ3) is 7.61. The van der Waals surface area contributed by atoms with E-state index in [1.54, 1.807) is 43.3 Å². The highest BCUT2D eigenvalue weighted by Gasteiger charge is 2.36. The van der Waals surface area contributed by atoms with Gasteiger partial charge in [-0.05, 0) is 96.2 Å². The zero-order chi connectivity index (χ0) is 26.9. The molecule has 37 heavy (non-hydrogen) atoms. The summed E-state index contributed by atoms with van der Waals surface area (Å²) in [6.45, 7) is 3.64. The third-order valence-electron chi connectivity index (χ3n) is 4.81. The predicted octanol–water partition coefficient (Wildman–Crippen LogP) is 4.32. The normalized spacial score (nSPS) is 14.1. The lowest BCUT2D eigenvalue weighted by Gasteiger charge is -2.13. The molecule has 3 amide bonds. The van der Waals surface area contributed by atoms with E-state index in [2.05, 4.69) is 5.32 Å². The number of nitrogens with one attached hydrogen (secondary N) is 1. The van der Waals surface area contributed by atoms with Crippen LogP contribution < -0.4 is 19.5 Å². The maximum Gasteiger partial charge on any atom is 0.344 e. The Morgan fingerprint density at radius 2 is 1.81 bits per heavy atom. The summed E-state index contributed by atoms with van der Waals surface area (Å²) in [5.41, 5.74) is 1.09. The molecule has 1 N–H and O–H groups in total. The number of nitrogens with zero attached hydrogens (tertiary/aromatic N) is 1. The van der Waals surface area contributed by atoms with E-state index in [0.29, 0.717) is 38.7 Å². The second kappa shape index (κ2) is 13.3. The van der Waals surface area contributed by atoms with Crippen LogP contribution in [0.15, 0.2) is 41.3 Å². The number of hydrogen-bond acceptors (Lipinski definition) is 9. The van der Waals surface area contributed by atoms with Crippen molar-refractivity contribution in [3.8, 4) is 17.2 Å². The van der Waals surface area contributed by atoms with Crippen LogP contribution in [-0.2, 0) is 19.1 Å².